The van der Waals surface area contributed by atoms with Gasteiger partial charge in [0.05, 0.1) is 25.0 Å². The highest BCUT2D eigenvalue weighted by Crippen LogP contribution is 2.39. The highest BCUT2D eigenvalue weighted by atomic mass is 16.5. The molecule has 1 atom stereocenters. The second-order valence-electron chi connectivity index (χ2n) is 8.50. The molecule has 4 aliphatic rings. The van der Waals surface area contributed by atoms with Gasteiger partial charge in [-0.15, -0.1) is 0 Å². The summed E-state index contributed by atoms with van der Waals surface area (Å²) in [4.78, 5) is 31.7. The van der Waals surface area contributed by atoms with Crippen LogP contribution in [0.2, 0.25) is 0 Å². The molecule has 1 spiro atoms. The number of amides is 2. The third-order valence-electron chi connectivity index (χ3n) is 6.50. The summed E-state index contributed by atoms with van der Waals surface area (Å²) < 4.78 is 5.26. The molecule has 4 heterocycles. The summed E-state index contributed by atoms with van der Waals surface area (Å²) in [6, 6.07) is 0. The quantitative estimate of drug-likeness (QED) is 0.767. The second-order valence-corrected chi connectivity index (χ2v) is 8.50. The van der Waals surface area contributed by atoms with Crippen molar-refractivity contribution in [3.05, 3.63) is 11.8 Å². The lowest BCUT2D eigenvalue weighted by Crippen LogP contribution is -2.55. The van der Waals surface area contributed by atoms with Crippen LogP contribution in [0.25, 0.3) is 0 Å². The van der Waals surface area contributed by atoms with E-state index < -0.39 is 0 Å². The third-order valence-corrected chi connectivity index (χ3v) is 6.50. The fourth-order valence-corrected chi connectivity index (χ4v) is 5.17. The van der Waals surface area contributed by atoms with Crippen molar-refractivity contribution in [3.8, 4) is 0 Å². The number of ether oxygens (including phenoxy) is 1. The predicted molar refractivity (Wildman–Crippen MR) is 98.4 cm³/mol. The summed E-state index contributed by atoms with van der Waals surface area (Å²) in [5.41, 5.74) is 0.983. The molecular weight excluding hydrogens is 330 g/mol. The van der Waals surface area contributed by atoms with E-state index in [-0.39, 0.29) is 17.2 Å². The smallest absolute Gasteiger partial charge is 0.253 e. The summed E-state index contributed by atoms with van der Waals surface area (Å²) in [5.74, 6) is 0.448. The van der Waals surface area contributed by atoms with Crippen LogP contribution < -0.4 is 0 Å². The molecule has 0 bridgehead atoms. The van der Waals surface area contributed by atoms with Crippen LogP contribution in [0.3, 0.4) is 0 Å². The Morgan fingerprint density at radius 1 is 0.962 bits per heavy atom. The van der Waals surface area contributed by atoms with E-state index in [0.717, 1.165) is 76.9 Å². The average Bonchev–Trinajstić information content (AvgIpc) is 3.35. The van der Waals surface area contributed by atoms with Crippen LogP contribution >= 0.6 is 0 Å². The number of piperidine rings is 2. The molecule has 26 heavy (non-hydrogen) atoms. The van der Waals surface area contributed by atoms with Crippen molar-refractivity contribution in [3.63, 3.8) is 0 Å². The van der Waals surface area contributed by atoms with Crippen molar-refractivity contribution in [2.75, 3.05) is 52.4 Å². The monoisotopic (exact) mass is 361 g/mol. The van der Waals surface area contributed by atoms with Gasteiger partial charge in [0, 0.05) is 44.6 Å². The van der Waals surface area contributed by atoms with E-state index in [4.69, 9.17) is 4.74 Å². The van der Waals surface area contributed by atoms with Gasteiger partial charge < -0.3 is 14.5 Å². The molecule has 4 aliphatic heterocycles. The Bertz CT molecular complexity index is 581. The van der Waals surface area contributed by atoms with Crippen LogP contribution in [-0.2, 0) is 14.3 Å². The van der Waals surface area contributed by atoms with Gasteiger partial charge in [0.2, 0.25) is 5.91 Å². The van der Waals surface area contributed by atoms with Crippen LogP contribution in [0.4, 0.5) is 0 Å². The van der Waals surface area contributed by atoms with Gasteiger partial charge in [0.25, 0.3) is 5.91 Å². The van der Waals surface area contributed by atoms with E-state index in [1.165, 1.54) is 12.8 Å². The van der Waals surface area contributed by atoms with Crippen LogP contribution in [-0.4, -0.2) is 78.9 Å². The van der Waals surface area contributed by atoms with Gasteiger partial charge in [-0.3, -0.25) is 14.5 Å². The highest BCUT2D eigenvalue weighted by Gasteiger charge is 2.41. The Balaban J connectivity index is 1.37. The molecule has 4 rings (SSSR count). The minimum absolute atomic E-state index is 0.159. The van der Waals surface area contributed by atoms with E-state index in [1.54, 1.807) is 6.26 Å². The number of carbonyl (C=O) groups is 2. The fraction of sp³-hybridized carbons (Fsp3) is 0.800. The van der Waals surface area contributed by atoms with Crippen molar-refractivity contribution < 1.29 is 14.3 Å². The maximum Gasteiger partial charge on any atom is 0.253 e. The molecule has 3 saturated heterocycles. The molecule has 6 nitrogen and oxygen atoms in total. The van der Waals surface area contributed by atoms with Gasteiger partial charge in [0.1, 0.15) is 0 Å². The zero-order valence-electron chi connectivity index (χ0n) is 15.8. The Morgan fingerprint density at radius 3 is 2.42 bits per heavy atom. The first-order valence-electron chi connectivity index (χ1n) is 10.3. The molecule has 144 valence electrons. The number of hydrogen-bond acceptors (Lipinski definition) is 4. The Labute approximate surface area is 156 Å². The molecule has 3 fully saturated rings. The van der Waals surface area contributed by atoms with Crippen molar-refractivity contribution in [1.29, 1.82) is 0 Å². The van der Waals surface area contributed by atoms with E-state index in [1.807, 2.05) is 9.80 Å². The van der Waals surface area contributed by atoms with Gasteiger partial charge in [-0.1, -0.05) is 0 Å². The van der Waals surface area contributed by atoms with E-state index in [9.17, 15) is 9.59 Å². The minimum atomic E-state index is 0.159. The van der Waals surface area contributed by atoms with E-state index >= 15 is 0 Å². The second kappa shape index (κ2) is 7.59. The van der Waals surface area contributed by atoms with Gasteiger partial charge in [0.15, 0.2) is 0 Å². The maximum atomic E-state index is 12.8. The molecule has 1 unspecified atom stereocenters. The first-order chi connectivity index (χ1) is 12.7. The number of carbonyl (C=O) groups excluding carboxylic acids is 2. The van der Waals surface area contributed by atoms with Crippen molar-refractivity contribution in [1.82, 2.24) is 14.7 Å². The van der Waals surface area contributed by atoms with Gasteiger partial charge >= 0.3 is 0 Å². The summed E-state index contributed by atoms with van der Waals surface area (Å²) in [6.07, 6.45) is 9.19. The maximum absolute atomic E-state index is 12.8. The summed E-state index contributed by atoms with van der Waals surface area (Å²) in [6.45, 7) is 6.68. The molecule has 0 radical (unpaired) electrons. The topological polar surface area (TPSA) is 53.1 Å². The van der Waals surface area contributed by atoms with Gasteiger partial charge in [-0.2, -0.15) is 0 Å². The Hall–Kier alpha value is -1.56. The SMILES string of the molecule is O=C(CN1CCCC2(CCCN(C(=O)C3=COCC3)C2)C1)N1CCCC1. The van der Waals surface area contributed by atoms with Crippen molar-refractivity contribution in [2.45, 2.75) is 44.9 Å². The molecule has 0 aliphatic carbocycles. The van der Waals surface area contributed by atoms with Crippen LogP contribution in [0.15, 0.2) is 11.8 Å². The zero-order valence-corrected chi connectivity index (χ0v) is 15.8. The molecule has 0 aromatic heterocycles. The normalized spacial score (nSPS) is 29.8. The molecule has 2 amide bonds. The highest BCUT2D eigenvalue weighted by molar-refractivity contribution is 5.93. The van der Waals surface area contributed by atoms with Crippen LogP contribution in [0.1, 0.15) is 44.9 Å². The van der Waals surface area contributed by atoms with Crippen molar-refractivity contribution >= 4 is 11.8 Å². The number of nitrogens with zero attached hydrogens (tertiary/aromatic N) is 3. The Morgan fingerprint density at radius 2 is 1.69 bits per heavy atom. The average molecular weight is 361 g/mol. The molecule has 0 aromatic carbocycles. The zero-order chi connectivity index (χ0) is 18.0. The number of rotatable bonds is 3. The lowest BCUT2D eigenvalue weighted by Gasteiger charge is -2.48. The van der Waals surface area contributed by atoms with Crippen LogP contribution in [0.5, 0.6) is 0 Å². The summed E-state index contributed by atoms with van der Waals surface area (Å²) in [7, 11) is 0. The van der Waals surface area contributed by atoms with Crippen LogP contribution in [0, 0.1) is 5.41 Å². The predicted octanol–water partition coefficient (Wildman–Crippen LogP) is 1.62. The van der Waals surface area contributed by atoms with E-state index in [0.29, 0.717) is 13.2 Å². The molecule has 0 saturated carbocycles. The molecule has 6 heteroatoms. The summed E-state index contributed by atoms with van der Waals surface area (Å²) in [5, 5.41) is 0. The standard InChI is InChI=1S/C20H31N3O3/c24-18(22-9-1-2-10-22)13-21-8-3-6-20(15-21)7-4-11-23(16-20)19(25)17-5-12-26-14-17/h14H,1-13,15-16H2. The van der Waals surface area contributed by atoms with E-state index in [2.05, 4.69) is 4.90 Å². The first kappa shape index (κ1) is 17.8. The van der Waals surface area contributed by atoms with Crippen molar-refractivity contribution in [2.24, 2.45) is 5.41 Å². The molecule has 0 aromatic rings. The lowest BCUT2D eigenvalue weighted by molar-refractivity contribution is -0.135. The fourth-order valence-electron chi connectivity index (χ4n) is 5.17. The number of hydrogen-bond donors (Lipinski definition) is 0. The lowest BCUT2D eigenvalue weighted by atomic mass is 9.73. The van der Waals surface area contributed by atoms with Gasteiger partial charge in [-0.25, -0.2) is 0 Å². The molecular formula is C20H31N3O3. The molecule has 0 N–H and O–H groups in total. The minimum Gasteiger partial charge on any atom is -0.500 e. The largest absolute Gasteiger partial charge is 0.500 e. The van der Waals surface area contributed by atoms with Gasteiger partial charge in [-0.05, 0) is 45.1 Å². The third kappa shape index (κ3) is 3.75. The Kier molecular flexibility index (Phi) is 5.20. The number of likely N-dealkylation sites (tertiary alicyclic amines) is 3. The summed E-state index contributed by atoms with van der Waals surface area (Å²) >= 11 is 0. The first-order valence-corrected chi connectivity index (χ1v) is 10.3.